The first-order valence-electron chi connectivity index (χ1n) is 9.85. The van der Waals surface area contributed by atoms with E-state index in [0.29, 0.717) is 22.8 Å². The van der Waals surface area contributed by atoms with Crippen LogP contribution >= 0.6 is 23.2 Å². The van der Waals surface area contributed by atoms with Crippen LogP contribution in [0, 0.1) is 0 Å². The van der Waals surface area contributed by atoms with E-state index in [2.05, 4.69) is 6.92 Å². The first-order valence-corrected chi connectivity index (χ1v) is 10.6. The summed E-state index contributed by atoms with van der Waals surface area (Å²) in [7, 11) is 0. The summed E-state index contributed by atoms with van der Waals surface area (Å²) in [6, 6.07) is 3.15. The van der Waals surface area contributed by atoms with E-state index in [9.17, 15) is 14.7 Å². The molecular weight excluding hydrogens is 385 g/mol. The lowest BCUT2D eigenvalue weighted by molar-refractivity contribution is -0.141. The molecule has 0 saturated carbocycles. The number of carbonyl (C=O) groups excluding carboxylic acids is 2. The van der Waals surface area contributed by atoms with Gasteiger partial charge in [-0.25, -0.2) is 0 Å². The third-order valence-electron chi connectivity index (χ3n) is 5.12. The van der Waals surface area contributed by atoms with Crippen LogP contribution in [0.3, 0.4) is 0 Å². The maximum Gasteiger partial charge on any atom is 0.264 e. The summed E-state index contributed by atoms with van der Waals surface area (Å²) < 4.78 is 0. The molecule has 150 valence electrons. The van der Waals surface area contributed by atoms with E-state index in [-0.39, 0.29) is 17.2 Å². The van der Waals surface area contributed by atoms with Gasteiger partial charge in [0.2, 0.25) is 0 Å². The summed E-state index contributed by atoms with van der Waals surface area (Å²) in [4.78, 5) is 26.1. The van der Waals surface area contributed by atoms with Gasteiger partial charge in [-0.1, -0.05) is 81.1 Å². The van der Waals surface area contributed by atoms with Crippen molar-refractivity contribution in [2.24, 2.45) is 0 Å². The molecule has 1 unspecified atom stereocenters. The molecule has 1 N–H and O–H groups in total. The van der Waals surface area contributed by atoms with Gasteiger partial charge < -0.3 is 10.0 Å². The normalized spacial score (nSPS) is 18.9. The van der Waals surface area contributed by atoms with E-state index in [1.165, 1.54) is 43.9 Å². The van der Waals surface area contributed by atoms with E-state index in [1.54, 1.807) is 12.1 Å². The quantitative estimate of drug-likeness (QED) is 0.476. The Hall–Kier alpha value is -1.10. The van der Waals surface area contributed by atoms with Gasteiger partial charge in [0.25, 0.3) is 5.91 Å². The largest absolute Gasteiger partial charge is 0.375 e. The minimum absolute atomic E-state index is 0.251. The fraction of sp³-hybridized carbons (Fsp3) is 0.619. The summed E-state index contributed by atoms with van der Waals surface area (Å²) >= 11 is 12.5. The molecule has 1 heterocycles. The van der Waals surface area contributed by atoms with Crippen molar-refractivity contribution in [3.8, 4) is 0 Å². The third-order valence-corrected chi connectivity index (χ3v) is 5.92. The van der Waals surface area contributed by atoms with Crippen LogP contribution in [0.25, 0.3) is 0 Å². The zero-order valence-corrected chi connectivity index (χ0v) is 17.7. The van der Waals surface area contributed by atoms with Crippen LogP contribution in [0.2, 0.25) is 10.0 Å². The Morgan fingerprint density at radius 2 is 1.67 bits per heavy atom. The summed E-state index contributed by atoms with van der Waals surface area (Å²) in [5, 5.41) is 11.6. The molecule has 1 amide bonds. The molecule has 0 aliphatic carbocycles. The van der Waals surface area contributed by atoms with Crippen molar-refractivity contribution in [2.75, 3.05) is 11.4 Å². The number of halogens is 2. The van der Waals surface area contributed by atoms with Crippen LogP contribution < -0.4 is 4.90 Å². The molecule has 27 heavy (non-hydrogen) atoms. The van der Waals surface area contributed by atoms with Crippen molar-refractivity contribution in [1.82, 2.24) is 0 Å². The minimum Gasteiger partial charge on any atom is -0.375 e. The van der Waals surface area contributed by atoms with Crippen LogP contribution in [-0.4, -0.2) is 23.3 Å². The number of Topliss-reactive ketones (excluding diaryl/α,β-unsaturated/α-hetero) is 1. The van der Waals surface area contributed by atoms with Crippen molar-refractivity contribution < 1.29 is 14.7 Å². The van der Waals surface area contributed by atoms with Crippen LogP contribution in [0.1, 0.15) is 77.2 Å². The summed E-state index contributed by atoms with van der Waals surface area (Å²) in [6.45, 7) is 4.03. The van der Waals surface area contributed by atoms with Crippen molar-refractivity contribution in [2.45, 2.75) is 77.2 Å². The molecule has 0 bridgehead atoms. The molecule has 4 nitrogen and oxygen atoms in total. The number of aliphatic hydroxyl groups is 1. The van der Waals surface area contributed by atoms with Crippen molar-refractivity contribution in [1.29, 1.82) is 0 Å². The second-order valence-electron chi connectivity index (χ2n) is 7.43. The van der Waals surface area contributed by atoms with Gasteiger partial charge in [-0.3, -0.25) is 9.59 Å². The monoisotopic (exact) mass is 413 g/mol. The first-order chi connectivity index (χ1) is 12.8. The van der Waals surface area contributed by atoms with E-state index >= 15 is 0 Å². The maximum atomic E-state index is 12.9. The van der Waals surface area contributed by atoms with Gasteiger partial charge >= 0.3 is 0 Å². The van der Waals surface area contributed by atoms with Crippen LogP contribution in [0.4, 0.5) is 5.69 Å². The minimum atomic E-state index is -1.85. The first kappa shape index (κ1) is 22.2. The third kappa shape index (κ3) is 5.04. The lowest BCUT2D eigenvalue weighted by Crippen LogP contribution is -2.42. The van der Waals surface area contributed by atoms with Crippen molar-refractivity contribution in [3.05, 3.63) is 27.7 Å². The van der Waals surface area contributed by atoms with Gasteiger partial charge in [-0.05, 0) is 19.4 Å². The van der Waals surface area contributed by atoms with Crippen molar-refractivity contribution >= 4 is 40.6 Å². The fourth-order valence-corrected chi connectivity index (χ4v) is 4.15. The SMILES string of the molecule is CCCCCCCCCCN1C(=O)C(O)(CC(C)=O)c2ccc(Cl)c(Cl)c21. The standard InChI is InChI=1S/C21H29Cl2NO3/c1-3-4-5-6-7-8-9-10-13-24-19-16(11-12-17(22)18(19)23)21(27,20(24)26)14-15(2)25/h11-12,27H,3-10,13-14H2,1-2H3. The number of hydrogen-bond acceptors (Lipinski definition) is 3. The second-order valence-corrected chi connectivity index (χ2v) is 8.21. The summed E-state index contributed by atoms with van der Waals surface area (Å²) in [5.41, 5.74) is -1.03. The second kappa shape index (κ2) is 9.90. The van der Waals surface area contributed by atoms with Gasteiger partial charge in [0.05, 0.1) is 15.7 Å². The predicted octanol–water partition coefficient (Wildman–Crippen LogP) is 5.65. The highest BCUT2D eigenvalue weighted by atomic mass is 35.5. The van der Waals surface area contributed by atoms with E-state index in [4.69, 9.17) is 23.2 Å². The Balaban J connectivity index is 2.06. The topological polar surface area (TPSA) is 57.6 Å². The molecule has 0 fully saturated rings. The number of fused-ring (bicyclic) bond motifs is 1. The predicted molar refractivity (Wildman–Crippen MR) is 111 cm³/mol. The Kier molecular flexibility index (Phi) is 8.14. The molecule has 1 atom stereocenters. The Morgan fingerprint density at radius 3 is 2.26 bits per heavy atom. The lowest BCUT2D eigenvalue weighted by atomic mass is 9.90. The molecule has 1 aliphatic rings. The van der Waals surface area contributed by atoms with Crippen LogP contribution in [0.15, 0.2) is 12.1 Å². The van der Waals surface area contributed by atoms with Crippen LogP contribution in [-0.2, 0) is 15.2 Å². The highest BCUT2D eigenvalue weighted by Crippen LogP contribution is 2.48. The average Bonchev–Trinajstić information content (AvgIpc) is 2.81. The molecule has 1 aliphatic heterocycles. The zero-order chi connectivity index (χ0) is 20.0. The number of benzene rings is 1. The molecule has 0 saturated heterocycles. The van der Waals surface area contributed by atoms with Crippen molar-refractivity contribution in [3.63, 3.8) is 0 Å². The molecule has 1 aromatic rings. The Bertz CT molecular complexity index is 692. The number of nitrogens with zero attached hydrogens (tertiary/aromatic N) is 1. The number of amides is 1. The van der Waals surface area contributed by atoms with E-state index < -0.39 is 11.5 Å². The zero-order valence-electron chi connectivity index (χ0n) is 16.2. The molecular formula is C21H29Cl2NO3. The van der Waals surface area contributed by atoms with E-state index in [1.807, 2.05) is 0 Å². The number of anilines is 1. The Morgan fingerprint density at radius 1 is 1.07 bits per heavy atom. The molecule has 6 heteroatoms. The number of rotatable bonds is 11. The number of carbonyl (C=O) groups is 2. The molecule has 0 aromatic heterocycles. The average molecular weight is 414 g/mol. The number of hydrogen-bond donors (Lipinski definition) is 1. The van der Waals surface area contributed by atoms with E-state index in [0.717, 1.165) is 19.3 Å². The maximum absolute atomic E-state index is 12.9. The van der Waals surface area contributed by atoms with Gasteiger partial charge in [0, 0.05) is 18.5 Å². The molecule has 0 radical (unpaired) electrons. The molecule has 0 spiro atoms. The highest BCUT2D eigenvalue weighted by molar-refractivity contribution is 6.44. The van der Waals surface area contributed by atoms with Gasteiger partial charge in [-0.2, -0.15) is 0 Å². The molecule has 1 aromatic carbocycles. The number of unbranched alkanes of at least 4 members (excludes halogenated alkanes) is 7. The van der Waals surface area contributed by atoms with Crippen LogP contribution in [0.5, 0.6) is 0 Å². The summed E-state index contributed by atoms with van der Waals surface area (Å²) in [5.74, 6) is -0.739. The lowest BCUT2D eigenvalue weighted by Gasteiger charge is -2.22. The van der Waals surface area contributed by atoms with Gasteiger partial charge in [0.15, 0.2) is 5.60 Å². The molecule has 2 rings (SSSR count). The number of ketones is 1. The van der Waals surface area contributed by atoms with Gasteiger partial charge in [0.1, 0.15) is 5.78 Å². The Labute approximate surface area is 171 Å². The highest BCUT2D eigenvalue weighted by Gasteiger charge is 2.51. The fourth-order valence-electron chi connectivity index (χ4n) is 3.73. The summed E-state index contributed by atoms with van der Waals surface area (Å²) in [6.07, 6.45) is 8.94. The smallest absolute Gasteiger partial charge is 0.264 e. The van der Waals surface area contributed by atoms with Gasteiger partial charge in [-0.15, -0.1) is 0 Å².